The second-order valence-corrected chi connectivity index (χ2v) is 11.7. The van der Waals surface area contributed by atoms with Gasteiger partial charge in [-0.3, -0.25) is 14.4 Å². The summed E-state index contributed by atoms with van der Waals surface area (Å²) in [5.41, 5.74) is -0.131. The van der Waals surface area contributed by atoms with Gasteiger partial charge in [0.25, 0.3) is 5.91 Å². The topological polar surface area (TPSA) is 110 Å². The molecule has 1 aliphatic carbocycles. The van der Waals surface area contributed by atoms with Crippen molar-refractivity contribution >= 4 is 27.4 Å². The van der Waals surface area contributed by atoms with E-state index in [2.05, 4.69) is 5.32 Å². The van der Waals surface area contributed by atoms with Crippen LogP contribution in [0.3, 0.4) is 0 Å². The van der Waals surface area contributed by atoms with E-state index in [1.54, 1.807) is 4.90 Å². The van der Waals surface area contributed by atoms with Crippen molar-refractivity contribution in [1.29, 1.82) is 0 Å². The number of ketones is 1. The summed E-state index contributed by atoms with van der Waals surface area (Å²) in [6.07, 6.45) is 4.38. The van der Waals surface area contributed by atoms with E-state index in [9.17, 15) is 22.8 Å². The van der Waals surface area contributed by atoms with Gasteiger partial charge < -0.3 is 15.0 Å². The number of nitrogens with one attached hydrogen (secondary N) is 1. The van der Waals surface area contributed by atoms with Crippen molar-refractivity contribution < 1.29 is 27.5 Å². The number of fused-ring (bicyclic) bond motifs is 1. The standard InChI is InChI=1S/C23H30N2O6S/c1-14-12-25(18-17(26)13-31-19(14)18)22(28)20(23(2)10-4-5-11-23)24-21(27)15-6-8-16(9-7-15)32(3,29)30/h6-9,14,18-20H,4-5,10-13H2,1-3H3,(H,24,27)/t14-,18-,19-,20-/m1/s1. The highest BCUT2D eigenvalue weighted by Gasteiger charge is 2.54. The average molecular weight is 463 g/mol. The molecule has 1 N–H and O–H groups in total. The summed E-state index contributed by atoms with van der Waals surface area (Å²) in [7, 11) is -3.37. The highest BCUT2D eigenvalue weighted by Crippen LogP contribution is 2.42. The molecule has 4 rings (SSSR count). The van der Waals surface area contributed by atoms with Crippen molar-refractivity contribution in [2.24, 2.45) is 11.3 Å². The maximum atomic E-state index is 13.7. The molecule has 9 heteroatoms. The van der Waals surface area contributed by atoms with Gasteiger partial charge in [0.2, 0.25) is 5.91 Å². The minimum absolute atomic E-state index is 0.0183. The van der Waals surface area contributed by atoms with Gasteiger partial charge >= 0.3 is 0 Å². The first-order valence-electron chi connectivity index (χ1n) is 11.1. The first kappa shape index (κ1) is 22.9. The van der Waals surface area contributed by atoms with Crippen LogP contribution in [0.1, 0.15) is 49.9 Å². The van der Waals surface area contributed by atoms with Crippen LogP contribution in [0.5, 0.6) is 0 Å². The molecule has 2 heterocycles. The third-order valence-electron chi connectivity index (χ3n) is 7.23. The third kappa shape index (κ3) is 4.08. The summed E-state index contributed by atoms with van der Waals surface area (Å²) >= 11 is 0. The van der Waals surface area contributed by atoms with Crippen LogP contribution in [0.4, 0.5) is 0 Å². The van der Waals surface area contributed by atoms with Gasteiger partial charge in [0, 0.05) is 24.3 Å². The molecule has 0 aromatic heterocycles. The van der Waals surface area contributed by atoms with Crippen LogP contribution >= 0.6 is 0 Å². The molecule has 2 aliphatic heterocycles. The quantitative estimate of drug-likeness (QED) is 0.712. The lowest BCUT2D eigenvalue weighted by molar-refractivity contribution is -0.140. The Morgan fingerprint density at radius 3 is 2.41 bits per heavy atom. The maximum absolute atomic E-state index is 13.7. The molecule has 2 amide bonds. The van der Waals surface area contributed by atoms with Crippen molar-refractivity contribution in [1.82, 2.24) is 10.2 Å². The molecule has 2 saturated heterocycles. The Hall–Kier alpha value is -2.26. The van der Waals surface area contributed by atoms with Gasteiger partial charge in [-0.1, -0.05) is 26.7 Å². The Labute approximate surface area is 188 Å². The average Bonchev–Trinajstić information content (AvgIpc) is 3.43. The zero-order valence-electron chi connectivity index (χ0n) is 18.7. The van der Waals surface area contributed by atoms with Crippen LogP contribution in [-0.4, -0.2) is 68.5 Å². The minimum atomic E-state index is -3.37. The van der Waals surface area contributed by atoms with Gasteiger partial charge in [0.15, 0.2) is 15.6 Å². The molecule has 32 heavy (non-hydrogen) atoms. The van der Waals surface area contributed by atoms with Crippen LogP contribution in [0.2, 0.25) is 0 Å². The van der Waals surface area contributed by atoms with Gasteiger partial charge in [-0.15, -0.1) is 0 Å². The molecule has 174 valence electrons. The second kappa shape index (κ2) is 8.26. The van der Waals surface area contributed by atoms with Gasteiger partial charge in [0.05, 0.1) is 11.0 Å². The second-order valence-electron chi connectivity index (χ2n) is 9.72. The molecule has 1 aromatic carbocycles. The van der Waals surface area contributed by atoms with Gasteiger partial charge in [-0.25, -0.2) is 8.42 Å². The maximum Gasteiger partial charge on any atom is 0.251 e. The predicted molar refractivity (Wildman–Crippen MR) is 117 cm³/mol. The number of hydrogen-bond donors (Lipinski definition) is 1. The number of ether oxygens (including phenoxy) is 1. The number of likely N-dealkylation sites (tertiary alicyclic amines) is 1. The lowest BCUT2D eigenvalue weighted by Crippen LogP contribution is -2.57. The molecule has 3 fully saturated rings. The van der Waals surface area contributed by atoms with Crippen molar-refractivity contribution in [3.05, 3.63) is 29.8 Å². The monoisotopic (exact) mass is 462 g/mol. The molecule has 1 aromatic rings. The molecule has 0 radical (unpaired) electrons. The van der Waals surface area contributed by atoms with Crippen molar-refractivity contribution in [2.45, 2.75) is 62.6 Å². The first-order valence-corrected chi connectivity index (χ1v) is 13.0. The number of Topliss-reactive ketones (excluding diaryl/α,β-unsaturated/α-hetero) is 1. The lowest BCUT2D eigenvalue weighted by Gasteiger charge is -2.37. The number of carbonyl (C=O) groups excluding carboxylic acids is 3. The zero-order valence-corrected chi connectivity index (χ0v) is 19.5. The number of carbonyl (C=O) groups is 3. The van der Waals surface area contributed by atoms with E-state index in [-0.39, 0.29) is 40.8 Å². The van der Waals surface area contributed by atoms with Crippen molar-refractivity contribution in [3.63, 3.8) is 0 Å². The molecular formula is C23H30N2O6S. The number of hydrogen-bond acceptors (Lipinski definition) is 6. The highest BCUT2D eigenvalue weighted by atomic mass is 32.2. The van der Waals surface area contributed by atoms with E-state index in [4.69, 9.17) is 4.74 Å². The van der Waals surface area contributed by atoms with Gasteiger partial charge in [0.1, 0.15) is 18.7 Å². The molecule has 0 spiro atoms. The van der Waals surface area contributed by atoms with Crippen LogP contribution in [0.15, 0.2) is 29.2 Å². The molecule has 4 atom stereocenters. The van der Waals surface area contributed by atoms with E-state index in [0.717, 1.165) is 31.9 Å². The number of sulfone groups is 1. The van der Waals surface area contributed by atoms with Crippen molar-refractivity contribution in [2.75, 3.05) is 19.4 Å². The molecule has 0 unspecified atom stereocenters. The summed E-state index contributed by atoms with van der Waals surface area (Å²) in [5.74, 6) is -0.722. The van der Waals surface area contributed by atoms with E-state index in [0.29, 0.717) is 6.54 Å². The number of nitrogens with zero attached hydrogens (tertiary/aromatic N) is 1. The minimum Gasteiger partial charge on any atom is -0.367 e. The first-order chi connectivity index (χ1) is 15.0. The smallest absolute Gasteiger partial charge is 0.251 e. The summed E-state index contributed by atoms with van der Waals surface area (Å²) < 4.78 is 29.0. The fraction of sp³-hybridized carbons (Fsp3) is 0.609. The summed E-state index contributed by atoms with van der Waals surface area (Å²) in [5, 5.41) is 2.93. The fourth-order valence-corrected chi connectivity index (χ4v) is 5.99. The summed E-state index contributed by atoms with van der Waals surface area (Å²) in [4.78, 5) is 41.0. The molecule has 0 bridgehead atoms. The number of benzene rings is 1. The zero-order chi connectivity index (χ0) is 23.3. The van der Waals surface area contributed by atoms with Crippen molar-refractivity contribution in [3.8, 4) is 0 Å². The Kier molecular flexibility index (Phi) is 5.92. The Bertz CT molecular complexity index is 1030. The van der Waals surface area contributed by atoms with Gasteiger partial charge in [-0.2, -0.15) is 0 Å². The SMILES string of the molecule is C[C@@H]1CN(C(=O)[C@@H](NC(=O)c2ccc(S(C)(=O)=O)cc2)C2(C)CCCC2)[C@@H]2C(=O)CO[C@H]12. The molecular weight excluding hydrogens is 432 g/mol. The van der Waals surface area contributed by atoms with Crippen LogP contribution in [0.25, 0.3) is 0 Å². The molecule has 3 aliphatic rings. The molecule has 1 saturated carbocycles. The van der Waals surface area contributed by atoms with Gasteiger partial charge in [-0.05, 0) is 42.5 Å². The number of rotatable bonds is 5. The Morgan fingerprint density at radius 2 is 1.81 bits per heavy atom. The fourth-order valence-electron chi connectivity index (χ4n) is 5.36. The highest BCUT2D eigenvalue weighted by molar-refractivity contribution is 7.90. The normalized spacial score (nSPS) is 27.9. The predicted octanol–water partition coefficient (Wildman–Crippen LogP) is 1.58. The molecule has 8 nitrogen and oxygen atoms in total. The van der Waals surface area contributed by atoms with E-state index >= 15 is 0 Å². The van der Waals surface area contributed by atoms with Crippen LogP contribution in [-0.2, 0) is 24.2 Å². The Morgan fingerprint density at radius 1 is 1.19 bits per heavy atom. The lowest BCUT2D eigenvalue weighted by atomic mass is 9.79. The van der Waals surface area contributed by atoms with Crippen LogP contribution < -0.4 is 5.32 Å². The van der Waals surface area contributed by atoms with E-state index < -0.39 is 33.2 Å². The Balaban J connectivity index is 1.60. The van der Waals surface area contributed by atoms with E-state index in [1.807, 2.05) is 13.8 Å². The van der Waals surface area contributed by atoms with Crippen LogP contribution in [0, 0.1) is 11.3 Å². The summed E-state index contributed by atoms with van der Waals surface area (Å²) in [6.45, 7) is 4.42. The summed E-state index contributed by atoms with van der Waals surface area (Å²) in [6, 6.07) is 4.32. The largest absolute Gasteiger partial charge is 0.367 e. The van der Waals surface area contributed by atoms with E-state index in [1.165, 1.54) is 24.3 Å². The number of amides is 2. The third-order valence-corrected chi connectivity index (χ3v) is 8.36.